The number of imidazole rings is 1. The summed E-state index contributed by atoms with van der Waals surface area (Å²) in [4.78, 5) is 24.9. The van der Waals surface area contributed by atoms with Crippen molar-refractivity contribution in [1.29, 1.82) is 0 Å². The van der Waals surface area contributed by atoms with Gasteiger partial charge in [-0.3, -0.25) is 10.1 Å². The molecule has 0 unspecified atom stereocenters. The fraction of sp³-hybridized carbons (Fsp3) is 0. The number of aromatic amines is 1. The van der Waals surface area contributed by atoms with Crippen LogP contribution in [0.5, 0.6) is 0 Å². The van der Waals surface area contributed by atoms with Gasteiger partial charge in [0, 0.05) is 0 Å². The number of nitro benzene ring substituents is 1. The van der Waals surface area contributed by atoms with E-state index in [9.17, 15) is 14.5 Å². The number of nitro groups is 1. The van der Waals surface area contributed by atoms with Gasteiger partial charge in [-0.05, 0) is 12.1 Å². The third-order valence-corrected chi connectivity index (χ3v) is 2.63. The Morgan fingerprint density at radius 2 is 2.15 bits per heavy atom. The van der Waals surface area contributed by atoms with Crippen LogP contribution >= 0.6 is 0 Å². The molecule has 0 atom stereocenters. The molecule has 0 fully saturated rings. The molecule has 3 aromatic rings. The second kappa shape index (κ2) is 4.53. The number of benzene rings is 1. The Bertz CT molecular complexity index is 802. The van der Waals surface area contributed by atoms with E-state index in [2.05, 4.69) is 25.3 Å². The summed E-state index contributed by atoms with van der Waals surface area (Å²) in [6, 6.07) is 3.24. The van der Waals surface area contributed by atoms with E-state index in [0.29, 0.717) is 17.0 Å². The van der Waals surface area contributed by atoms with Crippen molar-refractivity contribution in [1.82, 2.24) is 19.9 Å². The summed E-state index contributed by atoms with van der Waals surface area (Å²) in [6.07, 6.45) is 2.71. The van der Waals surface area contributed by atoms with Crippen LogP contribution in [0, 0.1) is 15.9 Å². The van der Waals surface area contributed by atoms with E-state index in [4.69, 9.17) is 0 Å². The first-order valence-corrected chi connectivity index (χ1v) is 5.50. The molecule has 0 saturated carbocycles. The molecule has 100 valence electrons. The summed E-state index contributed by atoms with van der Waals surface area (Å²) in [5, 5.41) is 13.7. The highest BCUT2D eigenvalue weighted by molar-refractivity contribution is 5.85. The van der Waals surface area contributed by atoms with Gasteiger partial charge < -0.3 is 10.3 Å². The minimum atomic E-state index is -0.684. The predicted octanol–water partition coefficient (Wildman–Crippen LogP) is 2.14. The zero-order valence-electron chi connectivity index (χ0n) is 9.87. The summed E-state index contributed by atoms with van der Waals surface area (Å²) in [7, 11) is 0. The van der Waals surface area contributed by atoms with Crippen LogP contribution in [0.2, 0.25) is 0 Å². The van der Waals surface area contributed by atoms with Gasteiger partial charge in [-0.25, -0.2) is 19.3 Å². The summed E-state index contributed by atoms with van der Waals surface area (Å²) < 4.78 is 13.1. The molecular formula is C11H7FN6O2. The van der Waals surface area contributed by atoms with Gasteiger partial charge in [0.1, 0.15) is 23.3 Å². The summed E-state index contributed by atoms with van der Waals surface area (Å²) in [5.41, 5.74) is 0.681. The Hall–Kier alpha value is -3.10. The SMILES string of the molecule is O=[N+]([O-])c1cc(F)ccc1Nc1ncnc2nc[nH]c12. The van der Waals surface area contributed by atoms with Gasteiger partial charge in [-0.15, -0.1) is 0 Å². The van der Waals surface area contributed by atoms with Crippen molar-refractivity contribution in [2.24, 2.45) is 0 Å². The fourth-order valence-electron chi connectivity index (χ4n) is 1.75. The van der Waals surface area contributed by atoms with Gasteiger partial charge in [-0.2, -0.15) is 0 Å². The van der Waals surface area contributed by atoms with E-state index in [1.165, 1.54) is 18.7 Å². The molecule has 2 N–H and O–H groups in total. The highest BCUT2D eigenvalue weighted by Crippen LogP contribution is 2.29. The molecular weight excluding hydrogens is 267 g/mol. The predicted molar refractivity (Wildman–Crippen MR) is 68.0 cm³/mol. The number of fused-ring (bicyclic) bond motifs is 1. The van der Waals surface area contributed by atoms with Gasteiger partial charge in [0.2, 0.25) is 0 Å². The van der Waals surface area contributed by atoms with Crippen molar-refractivity contribution < 1.29 is 9.31 Å². The lowest BCUT2D eigenvalue weighted by molar-refractivity contribution is -0.384. The number of rotatable bonds is 3. The highest BCUT2D eigenvalue weighted by Gasteiger charge is 2.16. The molecule has 2 heterocycles. The molecule has 1 aromatic carbocycles. The number of hydrogen-bond donors (Lipinski definition) is 2. The second-order valence-electron chi connectivity index (χ2n) is 3.87. The highest BCUT2D eigenvalue weighted by atomic mass is 19.1. The maximum absolute atomic E-state index is 13.1. The van der Waals surface area contributed by atoms with Crippen molar-refractivity contribution >= 4 is 28.4 Å². The zero-order chi connectivity index (χ0) is 14.1. The molecule has 0 aliphatic heterocycles. The average molecular weight is 274 g/mol. The number of H-pyrrole nitrogens is 1. The summed E-state index contributed by atoms with van der Waals surface area (Å²) in [5.74, 6) is -0.362. The van der Waals surface area contributed by atoms with Crippen LogP contribution in [0.15, 0.2) is 30.9 Å². The largest absolute Gasteiger partial charge is 0.340 e. The molecule has 8 nitrogen and oxygen atoms in total. The number of halogens is 1. The minimum absolute atomic E-state index is 0.131. The van der Waals surface area contributed by atoms with Gasteiger partial charge in [-0.1, -0.05) is 0 Å². The molecule has 0 amide bonds. The molecule has 0 bridgehead atoms. The Morgan fingerprint density at radius 3 is 2.95 bits per heavy atom. The van der Waals surface area contributed by atoms with Crippen molar-refractivity contribution in [3.05, 3.63) is 46.8 Å². The van der Waals surface area contributed by atoms with Gasteiger partial charge in [0.25, 0.3) is 5.69 Å². The molecule has 0 aliphatic carbocycles. The summed E-state index contributed by atoms with van der Waals surface area (Å²) in [6.45, 7) is 0. The molecule has 2 aromatic heterocycles. The Labute approximate surface area is 110 Å². The number of nitrogens with zero attached hydrogens (tertiary/aromatic N) is 4. The van der Waals surface area contributed by atoms with Crippen molar-refractivity contribution in [3.63, 3.8) is 0 Å². The second-order valence-corrected chi connectivity index (χ2v) is 3.87. The normalized spacial score (nSPS) is 10.7. The van der Waals surface area contributed by atoms with E-state index in [1.807, 2.05) is 0 Å². The lowest BCUT2D eigenvalue weighted by atomic mass is 10.2. The number of nitrogens with one attached hydrogen (secondary N) is 2. The minimum Gasteiger partial charge on any atom is -0.340 e. The number of anilines is 2. The Kier molecular flexibility index (Phi) is 2.71. The van der Waals surface area contributed by atoms with Crippen LogP contribution in [0.4, 0.5) is 21.6 Å². The van der Waals surface area contributed by atoms with Crippen molar-refractivity contribution in [2.45, 2.75) is 0 Å². The maximum atomic E-state index is 13.1. The van der Waals surface area contributed by atoms with E-state index < -0.39 is 10.7 Å². The summed E-state index contributed by atoms with van der Waals surface area (Å²) >= 11 is 0. The standard InChI is InChI=1S/C11H7FN6O2/c12-6-1-2-7(8(3-6)18(19)20)17-11-9-10(14-4-13-9)15-5-16-11/h1-5H,(H2,13,14,15,16,17). The lowest BCUT2D eigenvalue weighted by Gasteiger charge is -2.06. The lowest BCUT2D eigenvalue weighted by Crippen LogP contribution is -2.00. The number of aromatic nitrogens is 4. The maximum Gasteiger partial charge on any atom is 0.295 e. The van der Waals surface area contributed by atoms with E-state index in [1.54, 1.807) is 0 Å². The molecule has 0 aliphatic rings. The van der Waals surface area contributed by atoms with E-state index in [-0.39, 0.29) is 11.4 Å². The first-order chi connectivity index (χ1) is 9.65. The first-order valence-electron chi connectivity index (χ1n) is 5.50. The molecule has 0 spiro atoms. The number of hydrogen-bond acceptors (Lipinski definition) is 6. The quantitative estimate of drug-likeness (QED) is 0.559. The third-order valence-electron chi connectivity index (χ3n) is 2.63. The van der Waals surface area contributed by atoms with Gasteiger partial charge >= 0.3 is 0 Å². The van der Waals surface area contributed by atoms with Crippen LogP contribution in [0.3, 0.4) is 0 Å². The third kappa shape index (κ3) is 2.00. The van der Waals surface area contributed by atoms with Crippen LogP contribution in [0.1, 0.15) is 0 Å². The van der Waals surface area contributed by atoms with Crippen molar-refractivity contribution in [2.75, 3.05) is 5.32 Å². The van der Waals surface area contributed by atoms with Crippen LogP contribution in [0.25, 0.3) is 11.2 Å². The molecule has 3 rings (SSSR count). The van der Waals surface area contributed by atoms with E-state index in [0.717, 1.165) is 12.1 Å². The Morgan fingerprint density at radius 1 is 1.30 bits per heavy atom. The van der Waals surface area contributed by atoms with Crippen LogP contribution in [-0.2, 0) is 0 Å². The smallest absolute Gasteiger partial charge is 0.295 e. The molecule has 20 heavy (non-hydrogen) atoms. The first kappa shape index (κ1) is 12.0. The van der Waals surface area contributed by atoms with Crippen LogP contribution < -0.4 is 5.32 Å². The van der Waals surface area contributed by atoms with E-state index >= 15 is 0 Å². The molecule has 0 saturated heterocycles. The molecule has 9 heteroatoms. The monoisotopic (exact) mass is 274 g/mol. The van der Waals surface area contributed by atoms with Crippen LogP contribution in [-0.4, -0.2) is 24.9 Å². The average Bonchev–Trinajstić information content (AvgIpc) is 2.90. The van der Waals surface area contributed by atoms with Gasteiger partial charge in [0.05, 0.1) is 17.3 Å². The van der Waals surface area contributed by atoms with Gasteiger partial charge in [0.15, 0.2) is 11.5 Å². The fourth-order valence-corrected chi connectivity index (χ4v) is 1.75. The molecule has 0 radical (unpaired) electrons. The Balaban J connectivity index is 2.07. The zero-order valence-corrected chi connectivity index (χ0v) is 9.87. The topological polar surface area (TPSA) is 110 Å². The van der Waals surface area contributed by atoms with Crippen molar-refractivity contribution in [3.8, 4) is 0 Å².